The number of nitrogens with zero attached hydrogens (tertiary/aromatic N) is 3. The Morgan fingerprint density at radius 1 is 0.933 bits per heavy atom. The molecule has 0 aliphatic carbocycles. The maximum absolute atomic E-state index is 5.23. The summed E-state index contributed by atoms with van der Waals surface area (Å²) in [5.74, 6) is 1.97. The van der Waals surface area contributed by atoms with Crippen molar-refractivity contribution in [2.24, 2.45) is 0 Å². The Bertz CT molecular complexity index is 968. The summed E-state index contributed by atoms with van der Waals surface area (Å²) in [6, 6.07) is 18.8. The van der Waals surface area contributed by atoms with Crippen molar-refractivity contribution in [1.82, 2.24) is 9.88 Å². The lowest BCUT2D eigenvalue weighted by atomic mass is 10.1. The van der Waals surface area contributed by atoms with Gasteiger partial charge >= 0.3 is 0 Å². The molecule has 160 valence electrons. The molecule has 3 aromatic rings. The molecule has 4 nitrogen and oxygen atoms in total. The van der Waals surface area contributed by atoms with Crippen LogP contribution in [0.4, 0.5) is 5.82 Å². The van der Waals surface area contributed by atoms with Gasteiger partial charge in [0.2, 0.25) is 0 Å². The van der Waals surface area contributed by atoms with Gasteiger partial charge in [-0.3, -0.25) is 0 Å². The van der Waals surface area contributed by atoms with E-state index in [4.69, 9.17) is 9.72 Å². The zero-order valence-electron chi connectivity index (χ0n) is 17.5. The molecule has 6 heteroatoms. The van der Waals surface area contributed by atoms with E-state index in [-0.39, 0.29) is 24.8 Å². The zero-order valence-corrected chi connectivity index (χ0v) is 19.1. The molecule has 1 aliphatic rings. The first-order chi connectivity index (χ1) is 13.8. The van der Waals surface area contributed by atoms with Gasteiger partial charge in [-0.2, -0.15) is 0 Å². The average molecular weight is 446 g/mol. The molecule has 2 heterocycles. The van der Waals surface area contributed by atoms with E-state index in [0.717, 1.165) is 55.5 Å². The Hall–Kier alpha value is -2.27. The molecule has 0 radical (unpaired) electrons. The second kappa shape index (κ2) is 11.2. The molecule has 0 saturated carbocycles. The molecule has 2 aromatic carbocycles. The number of hydrogen-bond acceptors (Lipinski definition) is 4. The summed E-state index contributed by atoms with van der Waals surface area (Å²) < 4.78 is 5.23. The third-order valence-electron chi connectivity index (χ3n) is 5.42. The molecular weight excluding hydrogens is 417 g/mol. The molecule has 1 aromatic heterocycles. The highest BCUT2D eigenvalue weighted by Crippen LogP contribution is 2.27. The fraction of sp³-hybridized carbons (Fsp3) is 0.292. The highest BCUT2D eigenvalue weighted by molar-refractivity contribution is 5.94. The topological polar surface area (TPSA) is 28.6 Å². The van der Waals surface area contributed by atoms with Gasteiger partial charge in [0.25, 0.3) is 0 Å². The molecular formula is C24H29Cl2N3O. The second-order valence-corrected chi connectivity index (χ2v) is 7.12. The molecule has 0 amide bonds. The van der Waals surface area contributed by atoms with Crippen molar-refractivity contribution in [3.63, 3.8) is 0 Å². The van der Waals surface area contributed by atoms with Gasteiger partial charge in [-0.15, -0.1) is 24.8 Å². The van der Waals surface area contributed by atoms with Crippen molar-refractivity contribution in [3.05, 3.63) is 65.9 Å². The van der Waals surface area contributed by atoms with E-state index in [9.17, 15) is 0 Å². The van der Waals surface area contributed by atoms with Crippen LogP contribution in [-0.4, -0.2) is 49.7 Å². The SMILES string of the molecule is CCN1CCN(c2nc(C=Cc3ccc(OC)cc3)cc3ccccc23)CC1.Cl.Cl. The number of rotatable bonds is 5. The number of pyridine rings is 1. The molecule has 30 heavy (non-hydrogen) atoms. The predicted molar refractivity (Wildman–Crippen MR) is 132 cm³/mol. The molecule has 0 bridgehead atoms. The number of likely N-dealkylation sites (N-methyl/N-ethyl adjacent to an activating group) is 1. The smallest absolute Gasteiger partial charge is 0.137 e. The summed E-state index contributed by atoms with van der Waals surface area (Å²) in [5.41, 5.74) is 2.12. The van der Waals surface area contributed by atoms with Crippen molar-refractivity contribution in [3.8, 4) is 5.75 Å². The first kappa shape index (κ1) is 24.0. The Labute approximate surface area is 191 Å². The normalized spacial score (nSPS) is 14.4. The van der Waals surface area contributed by atoms with Crippen molar-refractivity contribution in [2.75, 3.05) is 44.7 Å². The number of fused-ring (bicyclic) bond motifs is 1. The van der Waals surface area contributed by atoms with Crippen molar-refractivity contribution < 1.29 is 4.74 Å². The van der Waals surface area contributed by atoms with Gasteiger partial charge in [-0.1, -0.05) is 49.4 Å². The van der Waals surface area contributed by atoms with E-state index in [2.05, 4.69) is 71.3 Å². The molecule has 0 atom stereocenters. The lowest BCUT2D eigenvalue weighted by Gasteiger charge is -2.35. The highest BCUT2D eigenvalue weighted by Gasteiger charge is 2.19. The van der Waals surface area contributed by atoms with Crippen molar-refractivity contribution in [2.45, 2.75) is 6.92 Å². The van der Waals surface area contributed by atoms with Crippen LogP contribution in [0.25, 0.3) is 22.9 Å². The Morgan fingerprint density at radius 2 is 1.63 bits per heavy atom. The second-order valence-electron chi connectivity index (χ2n) is 7.12. The number of halogens is 2. The summed E-state index contributed by atoms with van der Waals surface area (Å²) >= 11 is 0. The van der Waals surface area contributed by atoms with E-state index in [1.165, 1.54) is 10.8 Å². The maximum Gasteiger partial charge on any atom is 0.137 e. The lowest BCUT2D eigenvalue weighted by molar-refractivity contribution is 0.271. The number of aromatic nitrogens is 1. The molecule has 1 aliphatic heterocycles. The summed E-state index contributed by atoms with van der Waals surface area (Å²) in [6.07, 6.45) is 4.20. The molecule has 0 spiro atoms. The van der Waals surface area contributed by atoms with Crippen LogP contribution in [0.1, 0.15) is 18.2 Å². The van der Waals surface area contributed by atoms with Gasteiger partial charge in [0.1, 0.15) is 11.6 Å². The predicted octanol–water partition coefficient (Wildman–Crippen LogP) is 5.40. The van der Waals surface area contributed by atoms with E-state index in [1.54, 1.807) is 7.11 Å². The van der Waals surface area contributed by atoms with Crippen LogP contribution in [0.15, 0.2) is 54.6 Å². The Kier molecular flexibility index (Phi) is 8.97. The molecule has 0 N–H and O–H groups in total. The van der Waals surface area contributed by atoms with Gasteiger partial charge < -0.3 is 14.5 Å². The third kappa shape index (κ3) is 5.45. The van der Waals surface area contributed by atoms with Crippen LogP contribution < -0.4 is 9.64 Å². The standard InChI is InChI=1S/C24H27N3O.2ClH/c1-3-26-14-16-27(17-15-26)24-23-7-5-4-6-20(23)18-21(25-24)11-8-19-9-12-22(28-2)13-10-19;;/h4-13,18H,3,14-17H2,1-2H3;2*1H. The van der Waals surface area contributed by atoms with Gasteiger partial charge in [0.05, 0.1) is 12.8 Å². The van der Waals surface area contributed by atoms with Gasteiger partial charge in [-0.25, -0.2) is 4.98 Å². The van der Waals surface area contributed by atoms with Crippen LogP contribution >= 0.6 is 24.8 Å². The first-order valence-corrected chi connectivity index (χ1v) is 9.96. The fourth-order valence-corrected chi connectivity index (χ4v) is 3.70. The van der Waals surface area contributed by atoms with E-state index in [1.807, 2.05) is 12.1 Å². The zero-order chi connectivity index (χ0) is 19.3. The van der Waals surface area contributed by atoms with Crippen LogP contribution in [0.2, 0.25) is 0 Å². The number of hydrogen-bond donors (Lipinski definition) is 0. The number of ether oxygens (including phenoxy) is 1. The van der Waals surface area contributed by atoms with Crippen LogP contribution in [0.5, 0.6) is 5.75 Å². The lowest BCUT2D eigenvalue weighted by Crippen LogP contribution is -2.46. The van der Waals surface area contributed by atoms with E-state index in [0.29, 0.717) is 0 Å². The van der Waals surface area contributed by atoms with Gasteiger partial charge in [-0.05, 0) is 41.8 Å². The summed E-state index contributed by atoms with van der Waals surface area (Å²) in [4.78, 5) is 9.94. The molecule has 0 unspecified atom stereocenters. The maximum atomic E-state index is 5.23. The third-order valence-corrected chi connectivity index (χ3v) is 5.42. The van der Waals surface area contributed by atoms with Gasteiger partial charge in [0, 0.05) is 31.6 Å². The average Bonchev–Trinajstić information content (AvgIpc) is 2.77. The minimum Gasteiger partial charge on any atom is -0.497 e. The van der Waals surface area contributed by atoms with Crippen molar-refractivity contribution >= 4 is 53.6 Å². The monoisotopic (exact) mass is 445 g/mol. The number of anilines is 1. The quantitative estimate of drug-likeness (QED) is 0.525. The van der Waals surface area contributed by atoms with Crippen LogP contribution in [0.3, 0.4) is 0 Å². The van der Waals surface area contributed by atoms with E-state index < -0.39 is 0 Å². The van der Waals surface area contributed by atoms with Crippen LogP contribution in [-0.2, 0) is 0 Å². The van der Waals surface area contributed by atoms with E-state index >= 15 is 0 Å². The summed E-state index contributed by atoms with van der Waals surface area (Å²) in [5, 5.41) is 2.47. The molecule has 1 fully saturated rings. The molecule has 4 rings (SSSR count). The van der Waals surface area contributed by atoms with Gasteiger partial charge in [0.15, 0.2) is 0 Å². The first-order valence-electron chi connectivity index (χ1n) is 9.96. The molecule has 1 saturated heterocycles. The fourth-order valence-electron chi connectivity index (χ4n) is 3.70. The number of piperazine rings is 1. The minimum absolute atomic E-state index is 0. The Morgan fingerprint density at radius 3 is 2.30 bits per heavy atom. The summed E-state index contributed by atoms with van der Waals surface area (Å²) in [6.45, 7) is 7.59. The minimum atomic E-state index is 0. The number of methoxy groups -OCH3 is 1. The Balaban J connectivity index is 0.00000160. The number of benzene rings is 2. The largest absolute Gasteiger partial charge is 0.497 e. The highest BCUT2D eigenvalue weighted by atomic mass is 35.5. The van der Waals surface area contributed by atoms with Crippen molar-refractivity contribution in [1.29, 1.82) is 0 Å². The van der Waals surface area contributed by atoms with Crippen LogP contribution in [0, 0.1) is 0 Å². The summed E-state index contributed by atoms with van der Waals surface area (Å²) in [7, 11) is 1.69.